The molecular formula is C15H21N3O. The van der Waals surface area contributed by atoms with Crippen molar-refractivity contribution in [1.29, 1.82) is 0 Å². The van der Waals surface area contributed by atoms with E-state index in [1.807, 2.05) is 24.3 Å². The lowest BCUT2D eigenvalue weighted by atomic mass is 10.1. The van der Waals surface area contributed by atoms with Crippen molar-refractivity contribution in [3.05, 3.63) is 30.1 Å². The van der Waals surface area contributed by atoms with Gasteiger partial charge in [-0.3, -0.25) is 0 Å². The van der Waals surface area contributed by atoms with Gasteiger partial charge >= 0.3 is 0 Å². The zero-order valence-corrected chi connectivity index (χ0v) is 12.0. The Balaban J connectivity index is 2.49. The van der Waals surface area contributed by atoms with Crippen molar-refractivity contribution in [2.75, 3.05) is 12.8 Å². The molecule has 1 heterocycles. The molecule has 0 radical (unpaired) electrons. The molecule has 0 unspecified atom stereocenters. The van der Waals surface area contributed by atoms with Crippen LogP contribution in [0.25, 0.3) is 11.3 Å². The molecule has 0 aliphatic rings. The van der Waals surface area contributed by atoms with E-state index in [-0.39, 0.29) is 0 Å². The van der Waals surface area contributed by atoms with Crippen molar-refractivity contribution >= 4 is 5.82 Å². The van der Waals surface area contributed by atoms with Gasteiger partial charge in [0.2, 0.25) is 0 Å². The molecule has 4 heteroatoms. The van der Waals surface area contributed by atoms with Gasteiger partial charge in [-0.15, -0.1) is 0 Å². The second-order valence-electron chi connectivity index (χ2n) is 4.81. The number of nitrogens with zero attached hydrogens (tertiary/aromatic N) is 2. The van der Waals surface area contributed by atoms with Gasteiger partial charge in [-0.1, -0.05) is 6.92 Å². The number of nitrogens with two attached hydrogens (primary N) is 1. The summed E-state index contributed by atoms with van der Waals surface area (Å²) in [6.07, 6.45) is 0.874. The van der Waals surface area contributed by atoms with Gasteiger partial charge in [0.25, 0.3) is 0 Å². The monoisotopic (exact) mass is 259 g/mol. The SMILES string of the molecule is CCc1nc(-c2ccc(OC)cc2)c(N)n1C(C)C. The largest absolute Gasteiger partial charge is 0.497 e. The third kappa shape index (κ3) is 2.43. The molecule has 102 valence electrons. The highest BCUT2D eigenvalue weighted by molar-refractivity contribution is 5.71. The van der Waals surface area contributed by atoms with E-state index in [1.165, 1.54) is 0 Å². The third-order valence-electron chi connectivity index (χ3n) is 3.22. The number of imidazole rings is 1. The Morgan fingerprint density at radius 2 is 1.89 bits per heavy atom. The highest BCUT2D eigenvalue weighted by atomic mass is 16.5. The van der Waals surface area contributed by atoms with Gasteiger partial charge in [-0.2, -0.15) is 0 Å². The molecule has 2 aromatic rings. The van der Waals surface area contributed by atoms with Crippen molar-refractivity contribution in [3.8, 4) is 17.0 Å². The number of hydrogen-bond acceptors (Lipinski definition) is 3. The summed E-state index contributed by atoms with van der Waals surface area (Å²) in [6, 6.07) is 8.14. The molecule has 0 aliphatic carbocycles. The van der Waals surface area contributed by atoms with Crippen molar-refractivity contribution in [3.63, 3.8) is 0 Å². The van der Waals surface area contributed by atoms with Crippen LogP contribution in [-0.4, -0.2) is 16.7 Å². The smallest absolute Gasteiger partial charge is 0.131 e. The Morgan fingerprint density at radius 3 is 2.32 bits per heavy atom. The Labute approximate surface area is 114 Å². The first-order chi connectivity index (χ1) is 9.08. The molecule has 0 atom stereocenters. The minimum absolute atomic E-state index is 0.314. The third-order valence-corrected chi connectivity index (χ3v) is 3.22. The van der Waals surface area contributed by atoms with Crippen LogP contribution in [0.2, 0.25) is 0 Å². The van der Waals surface area contributed by atoms with E-state index >= 15 is 0 Å². The number of rotatable bonds is 4. The Hall–Kier alpha value is -1.97. The van der Waals surface area contributed by atoms with Crippen LogP contribution in [0.5, 0.6) is 5.75 Å². The van der Waals surface area contributed by atoms with Gasteiger partial charge < -0.3 is 15.0 Å². The minimum Gasteiger partial charge on any atom is -0.497 e. The van der Waals surface area contributed by atoms with Crippen LogP contribution in [0.4, 0.5) is 5.82 Å². The van der Waals surface area contributed by atoms with Gasteiger partial charge in [-0.05, 0) is 38.1 Å². The fraction of sp³-hybridized carbons (Fsp3) is 0.400. The normalized spacial score (nSPS) is 11.0. The molecule has 0 amide bonds. The first-order valence-electron chi connectivity index (χ1n) is 6.59. The zero-order valence-electron chi connectivity index (χ0n) is 12.0. The summed E-state index contributed by atoms with van der Waals surface area (Å²) < 4.78 is 7.26. The zero-order chi connectivity index (χ0) is 14.0. The second-order valence-corrected chi connectivity index (χ2v) is 4.81. The highest BCUT2D eigenvalue weighted by Gasteiger charge is 2.16. The van der Waals surface area contributed by atoms with Crippen molar-refractivity contribution in [2.45, 2.75) is 33.2 Å². The maximum absolute atomic E-state index is 6.25. The van der Waals surface area contributed by atoms with Crippen LogP contribution in [0.1, 0.15) is 32.6 Å². The van der Waals surface area contributed by atoms with Crippen molar-refractivity contribution < 1.29 is 4.74 Å². The molecule has 1 aromatic heterocycles. The molecule has 0 saturated heterocycles. The van der Waals surface area contributed by atoms with E-state index in [9.17, 15) is 0 Å². The van der Waals surface area contributed by atoms with E-state index < -0.39 is 0 Å². The summed E-state index contributed by atoms with van der Waals surface area (Å²) in [5, 5.41) is 0. The summed E-state index contributed by atoms with van der Waals surface area (Å²) in [6.45, 7) is 6.34. The van der Waals surface area contributed by atoms with Crippen molar-refractivity contribution in [1.82, 2.24) is 9.55 Å². The van der Waals surface area contributed by atoms with Crippen LogP contribution in [0.3, 0.4) is 0 Å². The van der Waals surface area contributed by atoms with Gasteiger partial charge in [0.15, 0.2) is 0 Å². The lowest BCUT2D eigenvalue weighted by Crippen LogP contribution is -2.08. The fourth-order valence-electron chi connectivity index (χ4n) is 2.28. The first-order valence-corrected chi connectivity index (χ1v) is 6.59. The number of nitrogen functional groups attached to an aromatic ring is 1. The molecule has 0 aliphatic heterocycles. The standard InChI is InChI=1S/C15H21N3O/c1-5-13-17-14(15(16)18(13)10(2)3)11-6-8-12(19-4)9-7-11/h6-10H,5,16H2,1-4H3. The number of methoxy groups -OCH3 is 1. The number of hydrogen-bond donors (Lipinski definition) is 1. The van der Waals surface area contributed by atoms with Gasteiger partial charge in [0.05, 0.1) is 7.11 Å². The maximum atomic E-state index is 6.25. The lowest BCUT2D eigenvalue weighted by molar-refractivity contribution is 0.415. The van der Waals surface area contributed by atoms with Gasteiger partial charge in [0.1, 0.15) is 23.1 Å². The number of aromatic nitrogens is 2. The van der Waals surface area contributed by atoms with Gasteiger partial charge in [0, 0.05) is 18.0 Å². The molecule has 2 rings (SSSR count). The predicted molar refractivity (Wildman–Crippen MR) is 78.4 cm³/mol. The van der Waals surface area contributed by atoms with E-state index in [2.05, 4.69) is 30.3 Å². The van der Waals surface area contributed by atoms with Crippen LogP contribution >= 0.6 is 0 Å². The van der Waals surface area contributed by atoms with Crippen molar-refractivity contribution in [2.24, 2.45) is 0 Å². The number of benzene rings is 1. The van der Waals surface area contributed by atoms with Crippen LogP contribution < -0.4 is 10.5 Å². The topological polar surface area (TPSA) is 53.1 Å². The molecule has 4 nitrogen and oxygen atoms in total. The van der Waals surface area contributed by atoms with E-state index in [0.29, 0.717) is 6.04 Å². The molecule has 0 bridgehead atoms. The molecule has 0 fully saturated rings. The van der Waals surface area contributed by atoms with E-state index in [1.54, 1.807) is 7.11 Å². The summed E-state index contributed by atoms with van der Waals surface area (Å²) in [7, 11) is 1.66. The fourth-order valence-corrected chi connectivity index (χ4v) is 2.28. The number of anilines is 1. The first kappa shape index (κ1) is 13.5. The number of ether oxygens (including phenoxy) is 1. The summed E-state index contributed by atoms with van der Waals surface area (Å²) in [4.78, 5) is 4.67. The predicted octanol–water partition coefficient (Wildman–Crippen LogP) is 3.28. The average Bonchev–Trinajstić information content (AvgIpc) is 2.76. The van der Waals surface area contributed by atoms with E-state index in [4.69, 9.17) is 10.5 Å². The molecule has 0 saturated carbocycles. The average molecular weight is 259 g/mol. The maximum Gasteiger partial charge on any atom is 0.131 e. The quantitative estimate of drug-likeness (QED) is 0.916. The van der Waals surface area contributed by atoms with Crippen LogP contribution in [-0.2, 0) is 6.42 Å². The molecule has 19 heavy (non-hydrogen) atoms. The number of aryl methyl sites for hydroxylation is 1. The molecule has 2 N–H and O–H groups in total. The second kappa shape index (κ2) is 5.34. The Morgan fingerprint density at radius 1 is 1.26 bits per heavy atom. The molecule has 1 aromatic carbocycles. The molecular weight excluding hydrogens is 238 g/mol. The Bertz CT molecular complexity index is 556. The minimum atomic E-state index is 0.314. The van der Waals surface area contributed by atoms with Crippen LogP contribution in [0, 0.1) is 0 Å². The lowest BCUT2D eigenvalue weighted by Gasteiger charge is -2.12. The summed E-state index contributed by atoms with van der Waals surface area (Å²) in [5.41, 5.74) is 8.13. The molecule has 0 spiro atoms. The summed E-state index contributed by atoms with van der Waals surface area (Å²) in [5.74, 6) is 2.59. The van der Waals surface area contributed by atoms with E-state index in [0.717, 1.165) is 35.1 Å². The summed E-state index contributed by atoms with van der Waals surface area (Å²) >= 11 is 0. The Kier molecular flexibility index (Phi) is 3.79. The van der Waals surface area contributed by atoms with Crippen LogP contribution in [0.15, 0.2) is 24.3 Å². The highest BCUT2D eigenvalue weighted by Crippen LogP contribution is 2.30. The van der Waals surface area contributed by atoms with Gasteiger partial charge in [-0.25, -0.2) is 4.98 Å².